The number of rotatable bonds is 1. The molecule has 0 atom stereocenters. The van der Waals surface area contributed by atoms with Crippen LogP contribution in [-0.4, -0.2) is 22.1 Å². The van der Waals surface area contributed by atoms with Gasteiger partial charge in [-0.05, 0) is 12.1 Å². The van der Waals surface area contributed by atoms with Crippen molar-refractivity contribution in [1.29, 1.82) is 0 Å². The van der Waals surface area contributed by atoms with Gasteiger partial charge in [-0.25, -0.2) is 4.79 Å². The smallest absolute Gasteiger partial charge is 0.416 e. The van der Waals surface area contributed by atoms with Gasteiger partial charge in [0.1, 0.15) is 0 Å². The van der Waals surface area contributed by atoms with Gasteiger partial charge < -0.3 is 5.11 Å². The minimum Gasteiger partial charge on any atom is -0.464 e. The lowest BCUT2D eigenvalue weighted by Crippen LogP contribution is -2.05. The Morgan fingerprint density at radius 2 is 2.06 bits per heavy atom. The third-order valence-electron chi connectivity index (χ3n) is 2.22. The molecule has 2 aromatic rings. The molecule has 0 aliphatic carbocycles. The van der Waals surface area contributed by atoms with E-state index in [9.17, 15) is 9.59 Å². The Hall–Kier alpha value is -1.52. The van der Waals surface area contributed by atoms with Crippen LogP contribution in [-0.2, 0) is 0 Å². The number of hydrogen-bond donors (Lipinski definition) is 1. The summed E-state index contributed by atoms with van der Waals surface area (Å²) < 4.78 is 0.932. The highest BCUT2D eigenvalue weighted by Gasteiger charge is 2.16. The van der Waals surface area contributed by atoms with Crippen molar-refractivity contribution in [3.8, 4) is 0 Å². The fraction of sp³-hybridized carbons (Fsp3) is 0. The molecule has 0 radical (unpaired) electrons. The summed E-state index contributed by atoms with van der Waals surface area (Å²) in [5.74, 6) is 0. The minimum atomic E-state index is -1.18. The van der Waals surface area contributed by atoms with Gasteiger partial charge >= 0.3 is 6.09 Å². The summed E-state index contributed by atoms with van der Waals surface area (Å²) in [6, 6.07) is 2.99. The topological polar surface area (TPSA) is 59.3 Å². The lowest BCUT2D eigenvalue weighted by atomic mass is 10.2. The van der Waals surface area contributed by atoms with Gasteiger partial charge in [-0.1, -0.05) is 23.2 Å². The van der Waals surface area contributed by atoms with E-state index in [1.165, 1.54) is 18.3 Å². The molecule has 82 valence electrons. The molecule has 1 aromatic heterocycles. The Labute approximate surface area is 100.0 Å². The quantitative estimate of drug-likeness (QED) is 0.798. The minimum absolute atomic E-state index is 0.182. The number of carbonyl (C=O) groups excluding carboxylic acids is 1. The van der Waals surface area contributed by atoms with Gasteiger partial charge in [0.05, 0.1) is 15.6 Å². The summed E-state index contributed by atoms with van der Waals surface area (Å²) in [4.78, 5) is 21.7. The van der Waals surface area contributed by atoms with E-state index < -0.39 is 6.09 Å². The zero-order valence-corrected chi connectivity index (χ0v) is 9.29. The average Bonchev–Trinajstić information content (AvgIpc) is 2.62. The third kappa shape index (κ3) is 1.47. The van der Waals surface area contributed by atoms with Crippen LogP contribution in [0.25, 0.3) is 10.9 Å². The molecule has 0 saturated heterocycles. The molecule has 0 saturated carbocycles. The van der Waals surface area contributed by atoms with E-state index >= 15 is 0 Å². The normalized spacial score (nSPS) is 10.6. The van der Waals surface area contributed by atoms with Crippen LogP contribution in [0.5, 0.6) is 0 Å². The summed E-state index contributed by atoms with van der Waals surface area (Å²) in [7, 11) is 0. The molecule has 0 bridgehead atoms. The van der Waals surface area contributed by atoms with Crippen LogP contribution >= 0.6 is 23.2 Å². The summed E-state index contributed by atoms with van der Waals surface area (Å²) in [5, 5.41) is 9.74. The zero-order valence-electron chi connectivity index (χ0n) is 7.78. The lowest BCUT2D eigenvalue weighted by Gasteiger charge is -2.00. The maximum absolute atomic E-state index is 10.9. The first-order valence-electron chi connectivity index (χ1n) is 4.23. The first-order valence-corrected chi connectivity index (χ1v) is 4.99. The fourth-order valence-electron chi connectivity index (χ4n) is 1.54. The van der Waals surface area contributed by atoms with Crippen molar-refractivity contribution in [3.63, 3.8) is 0 Å². The van der Waals surface area contributed by atoms with E-state index in [2.05, 4.69) is 0 Å². The van der Waals surface area contributed by atoms with Crippen molar-refractivity contribution >= 4 is 46.5 Å². The van der Waals surface area contributed by atoms with Crippen molar-refractivity contribution in [3.05, 3.63) is 33.9 Å². The first kappa shape index (κ1) is 11.0. The van der Waals surface area contributed by atoms with E-state index in [4.69, 9.17) is 28.3 Å². The number of carboxylic acid groups (broad SMARTS) is 1. The van der Waals surface area contributed by atoms with Crippen molar-refractivity contribution in [1.82, 2.24) is 4.57 Å². The second kappa shape index (κ2) is 3.81. The Bertz CT molecular complexity index is 604. The molecule has 0 unspecified atom stereocenters. The van der Waals surface area contributed by atoms with Crippen molar-refractivity contribution in [2.45, 2.75) is 0 Å². The highest BCUT2D eigenvalue weighted by Crippen LogP contribution is 2.33. The predicted molar refractivity (Wildman–Crippen MR) is 60.8 cm³/mol. The van der Waals surface area contributed by atoms with E-state index in [0.717, 1.165) is 4.57 Å². The molecule has 4 nitrogen and oxygen atoms in total. The van der Waals surface area contributed by atoms with E-state index in [-0.39, 0.29) is 15.6 Å². The number of halogens is 2. The van der Waals surface area contributed by atoms with Crippen molar-refractivity contribution < 1.29 is 14.7 Å². The predicted octanol–water partition coefficient (Wildman–Crippen LogP) is 3.29. The van der Waals surface area contributed by atoms with Gasteiger partial charge in [0, 0.05) is 17.1 Å². The van der Waals surface area contributed by atoms with Crippen LogP contribution in [0.4, 0.5) is 4.79 Å². The standard InChI is InChI=1S/C10H5Cl2NO3/c11-6-1-2-7-8(9(6)12)5(4-14)3-13(7)10(15)16/h1-4H,(H,15,16). The van der Waals surface area contributed by atoms with Crippen LogP contribution in [0.2, 0.25) is 10.0 Å². The largest absolute Gasteiger partial charge is 0.464 e. The molecule has 1 aromatic carbocycles. The van der Waals surface area contributed by atoms with Gasteiger partial charge in [-0.15, -0.1) is 0 Å². The fourth-order valence-corrected chi connectivity index (χ4v) is 1.96. The van der Waals surface area contributed by atoms with E-state index in [1.807, 2.05) is 0 Å². The van der Waals surface area contributed by atoms with Crippen LogP contribution in [0.3, 0.4) is 0 Å². The number of carbonyl (C=O) groups is 2. The molecule has 0 aliphatic rings. The SMILES string of the molecule is O=Cc1cn(C(=O)O)c2ccc(Cl)c(Cl)c12. The Morgan fingerprint density at radius 3 is 2.62 bits per heavy atom. The molecule has 0 fully saturated rings. The van der Waals surface area contributed by atoms with Gasteiger partial charge in [0.15, 0.2) is 6.29 Å². The molecular weight excluding hydrogens is 253 g/mol. The number of nitrogens with zero attached hydrogens (tertiary/aromatic N) is 1. The maximum atomic E-state index is 10.9. The first-order chi connectivity index (χ1) is 7.56. The molecule has 2 rings (SSSR count). The summed E-state index contributed by atoms with van der Waals surface area (Å²) in [6.45, 7) is 0. The number of hydrogen-bond acceptors (Lipinski definition) is 2. The second-order valence-electron chi connectivity index (χ2n) is 3.11. The Kier molecular flexibility index (Phi) is 2.61. The third-order valence-corrected chi connectivity index (χ3v) is 3.03. The maximum Gasteiger partial charge on any atom is 0.416 e. The molecule has 0 amide bonds. The van der Waals surface area contributed by atoms with Crippen LogP contribution in [0.15, 0.2) is 18.3 Å². The number of aromatic nitrogens is 1. The van der Waals surface area contributed by atoms with Crippen LogP contribution < -0.4 is 0 Å². The van der Waals surface area contributed by atoms with Gasteiger partial charge in [0.25, 0.3) is 0 Å². The highest BCUT2D eigenvalue weighted by molar-refractivity contribution is 6.45. The Morgan fingerprint density at radius 1 is 1.38 bits per heavy atom. The summed E-state index contributed by atoms with van der Waals surface area (Å²) >= 11 is 11.7. The molecule has 1 heterocycles. The van der Waals surface area contributed by atoms with E-state index in [0.29, 0.717) is 17.2 Å². The van der Waals surface area contributed by atoms with Gasteiger partial charge in [0.2, 0.25) is 0 Å². The second-order valence-corrected chi connectivity index (χ2v) is 3.90. The summed E-state index contributed by atoms with van der Waals surface area (Å²) in [5.41, 5.74) is 0.536. The van der Waals surface area contributed by atoms with Crippen molar-refractivity contribution in [2.75, 3.05) is 0 Å². The average molecular weight is 258 g/mol. The highest BCUT2D eigenvalue weighted by atomic mass is 35.5. The van der Waals surface area contributed by atoms with E-state index in [1.54, 1.807) is 0 Å². The van der Waals surface area contributed by atoms with Crippen LogP contribution in [0.1, 0.15) is 10.4 Å². The van der Waals surface area contributed by atoms with Crippen molar-refractivity contribution in [2.24, 2.45) is 0 Å². The van der Waals surface area contributed by atoms with Gasteiger partial charge in [-0.2, -0.15) is 0 Å². The lowest BCUT2D eigenvalue weighted by molar-refractivity contribution is 0.112. The molecule has 0 spiro atoms. The zero-order chi connectivity index (χ0) is 11.9. The Balaban J connectivity index is 2.95. The monoisotopic (exact) mass is 257 g/mol. The molecule has 1 N–H and O–H groups in total. The molecular formula is C10H5Cl2NO3. The molecule has 6 heteroatoms. The molecule has 16 heavy (non-hydrogen) atoms. The van der Waals surface area contributed by atoms with Crippen LogP contribution in [0, 0.1) is 0 Å². The summed E-state index contributed by atoms with van der Waals surface area (Å²) in [6.07, 6.45) is 0.572. The number of fused-ring (bicyclic) bond motifs is 1. The molecule has 0 aliphatic heterocycles. The number of benzene rings is 1. The van der Waals surface area contributed by atoms with Gasteiger partial charge in [-0.3, -0.25) is 9.36 Å². The number of aldehydes is 1.